The van der Waals surface area contributed by atoms with Gasteiger partial charge in [0.05, 0.1) is 6.54 Å². The van der Waals surface area contributed by atoms with Crippen LogP contribution in [0.3, 0.4) is 0 Å². The molecule has 2 unspecified atom stereocenters. The highest BCUT2D eigenvalue weighted by molar-refractivity contribution is 5.85. The molecule has 2 aliphatic rings. The van der Waals surface area contributed by atoms with Gasteiger partial charge in [-0.3, -0.25) is 9.69 Å². The number of amides is 1. The number of piperidine rings is 1. The van der Waals surface area contributed by atoms with Crippen molar-refractivity contribution in [1.29, 1.82) is 0 Å². The highest BCUT2D eigenvalue weighted by Gasteiger charge is 2.30. The Bertz CT molecular complexity index is 540. The SMILES string of the molecule is CC1CCN(C(=O)CN2CCN(c3ccccn3)CC2)C(CN)C1.Cl.Cl. The summed E-state index contributed by atoms with van der Waals surface area (Å²) in [6, 6.07) is 6.21. The van der Waals surface area contributed by atoms with Gasteiger partial charge in [0.25, 0.3) is 0 Å². The Hall–Kier alpha value is -1.08. The molecule has 8 heteroatoms. The Morgan fingerprint density at radius 1 is 1.19 bits per heavy atom. The summed E-state index contributed by atoms with van der Waals surface area (Å²) in [6.07, 6.45) is 3.96. The summed E-state index contributed by atoms with van der Waals surface area (Å²) in [7, 11) is 0. The molecule has 2 aliphatic heterocycles. The highest BCUT2D eigenvalue weighted by Crippen LogP contribution is 2.22. The summed E-state index contributed by atoms with van der Waals surface area (Å²) in [5.74, 6) is 1.94. The van der Waals surface area contributed by atoms with Crippen molar-refractivity contribution >= 4 is 36.5 Å². The van der Waals surface area contributed by atoms with E-state index in [1.807, 2.05) is 29.3 Å². The van der Waals surface area contributed by atoms with E-state index < -0.39 is 0 Å². The lowest BCUT2D eigenvalue weighted by Gasteiger charge is -2.40. The lowest BCUT2D eigenvalue weighted by atomic mass is 9.92. The Kier molecular flexibility index (Phi) is 9.64. The van der Waals surface area contributed by atoms with Crippen LogP contribution in [0.1, 0.15) is 19.8 Å². The molecule has 1 aromatic heterocycles. The van der Waals surface area contributed by atoms with Crippen molar-refractivity contribution in [2.45, 2.75) is 25.8 Å². The van der Waals surface area contributed by atoms with Crippen LogP contribution in [0.4, 0.5) is 5.82 Å². The van der Waals surface area contributed by atoms with Crippen LogP contribution in [0.25, 0.3) is 0 Å². The fraction of sp³-hybridized carbons (Fsp3) is 0.667. The van der Waals surface area contributed by atoms with Gasteiger partial charge in [0, 0.05) is 51.5 Å². The molecule has 26 heavy (non-hydrogen) atoms. The minimum absolute atomic E-state index is 0. The molecule has 2 fully saturated rings. The summed E-state index contributed by atoms with van der Waals surface area (Å²) >= 11 is 0. The van der Waals surface area contributed by atoms with Crippen LogP contribution in [0, 0.1) is 5.92 Å². The number of carbonyl (C=O) groups excluding carboxylic acids is 1. The van der Waals surface area contributed by atoms with E-state index in [9.17, 15) is 4.79 Å². The van der Waals surface area contributed by atoms with Crippen molar-refractivity contribution in [3.63, 3.8) is 0 Å². The summed E-state index contributed by atoms with van der Waals surface area (Å²) in [5.41, 5.74) is 5.89. The van der Waals surface area contributed by atoms with Crippen molar-refractivity contribution in [2.24, 2.45) is 11.7 Å². The van der Waals surface area contributed by atoms with Crippen LogP contribution in [0.2, 0.25) is 0 Å². The van der Waals surface area contributed by atoms with E-state index in [1.165, 1.54) is 0 Å². The van der Waals surface area contributed by atoms with Crippen molar-refractivity contribution in [1.82, 2.24) is 14.8 Å². The van der Waals surface area contributed by atoms with Gasteiger partial charge in [0.1, 0.15) is 5.82 Å². The number of aromatic nitrogens is 1. The third-order valence-electron chi connectivity index (χ3n) is 5.27. The summed E-state index contributed by atoms with van der Waals surface area (Å²) in [5, 5.41) is 0. The normalized spacial score (nSPS) is 23.8. The van der Waals surface area contributed by atoms with Crippen molar-refractivity contribution in [2.75, 3.05) is 50.7 Å². The van der Waals surface area contributed by atoms with Gasteiger partial charge in [0.15, 0.2) is 0 Å². The maximum Gasteiger partial charge on any atom is 0.237 e. The molecule has 0 spiro atoms. The van der Waals surface area contributed by atoms with Gasteiger partial charge in [-0.25, -0.2) is 4.98 Å². The smallest absolute Gasteiger partial charge is 0.237 e. The number of hydrogen-bond donors (Lipinski definition) is 1. The van der Waals surface area contributed by atoms with E-state index in [-0.39, 0.29) is 36.8 Å². The van der Waals surface area contributed by atoms with Gasteiger partial charge in [-0.15, -0.1) is 24.8 Å². The molecule has 2 N–H and O–H groups in total. The van der Waals surface area contributed by atoms with Gasteiger partial charge in [-0.05, 0) is 30.9 Å². The number of rotatable bonds is 4. The summed E-state index contributed by atoms with van der Waals surface area (Å²) in [4.78, 5) is 23.7. The van der Waals surface area contributed by atoms with E-state index in [4.69, 9.17) is 5.73 Å². The molecule has 2 saturated heterocycles. The summed E-state index contributed by atoms with van der Waals surface area (Å²) < 4.78 is 0. The maximum atomic E-state index is 12.7. The van der Waals surface area contributed by atoms with E-state index in [0.717, 1.165) is 51.4 Å². The second-order valence-electron chi connectivity index (χ2n) is 7.06. The molecule has 3 heterocycles. The van der Waals surface area contributed by atoms with E-state index in [1.54, 1.807) is 0 Å². The monoisotopic (exact) mass is 403 g/mol. The minimum atomic E-state index is 0. The number of pyridine rings is 1. The van der Waals surface area contributed by atoms with Gasteiger partial charge < -0.3 is 15.5 Å². The number of hydrogen-bond acceptors (Lipinski definition) is 5. The average Bonchev–Trinajstić information content (AvgIpc) is 2.63. The van der Waals surface area contributed by atoms with Crippen LogP contribution < -0.4 is 10.6 Å². The third kappa shape index (κ3) is 5.71. The molecule has 6 nitrogen and oxygen atoms in total. The number of nitrogens with zero attached hydrogens (tertiary/aromatic N) is 4. The van der Waals surface area contributed by atoms with Crippen molar-refractivity contribution < 1.29 is 4.79 Å². The molecular weight excluding hydrogens is 373 g/mol. The van der Waals surface area contributed by atoms with E-state index in [2.05, 4.69) is 21.7 Å². The minimum Gasteiger partial charge on any atom is -0.354 e. The Labute approximate surface area is 168 Å². The molecule has 3 rings (SSSR count). The molecule has 0 aliphatic carbocycles. The number of piperazine rings is 1. The Morgan fingerprint density at radius 2 is 1.92 bits per heavy atom. The van der Waals surface area contributed by atoms with E-state index in [0.29, 0.717) is 19.0 Å². The standard InChI is InChI=1S/C18H29N5O.2ClH/c1-15-5-7-23(16(12-15)13-19)18(24)14-21-8-10-22(11-9-21)17-4-2-3-6-20-17;;/h2-4,6,15-16H,5,7-14,19H2,1H3;2*1H. The molecule has 148 valence electrons. The maximum absolute atomic E-state index is 12.7. The van der Waals surface area contributed by atoms with Crippen LogP contribution in [-0.4, -0.2) is 72.5 Å². The number of likely N-dealkylation sites (tertiary alicyclic amines) is 1. The third-order valence-corrected chi connectivity index (χ3v) is 5.27. The summed E-state index contributed by atoms with van der Waals surface area (Å²) in [6.45, 7) is 7.84. The van der Waals surface area contributed by atoms with Crippen LogP contribution >= 0.6 is 24.8 Å². The first-order chi connectivity index (χ1) is 11.7. The quantitative estimate of drug-likeness (QED) is 0.827. The number of carbonyl (C=O) groups is 1. The number of halogens is 2. The first-order valence-corrected chi connectivity index (χ1v) is 9.05. The van der Waals surface area contributed by atoms with Gasteiger partial charge in [-0.2, -0.15) is 0 Å². The molecule has 1 amide bonds. The Morgan fingerprint density at radius 3 is 2.54 bits per heavy atom. The van der Waals surface area contributed by atoms with Gasteiger partial charge in [0.2, 0.25) is 5.91 Å². The molecule has 0 aromatic carbocycles. The predicted molar refractivity (Wildman–Crippen MR) is 110 cm³/mol. The first-order valence-electron chi connectivity index (χ1n) is 9.05. The van der Waals surface area contributed by atoms with Crippen LogP contribution in [-0.2, 0) is 4.79 Å². The molecule has 1 aromatic rings. The van der Waals surface area contributed by atoms with Gasteiger partial charge >= 0.3 is 0 Å². The number of nitrogens with two attached hydrogens (primary N) is 1. The molecule has 0 radical (unpaired) electrons. The van der Waals surface area contributed by atoms with E-state index >= 15 is 0 Å². The molecule has 0 bridgehead atoms. The molecule has 2 atom stereocenters. The average molecular weight is 404 g/mol. The van der Waals surface area contributed by atoms with Crippen molar-refractivity contribution in [3.8, 4) is 0 Å². The highest BCUT2D eigenvalue weighted by atomic mass is 35.5. The topological polar surface area (TPSA) is 65.7 Å². The van der Waals surface area contributed by atoms with Crippen LogP contribution in [0.15, 0.2) is 24.4 Å². The number of anilines is 1. The first kappa shape index (κ1) is 23.0. The van der Waals surface area contributed by atoms with Crippen molar-refractivity contribution in [3.05, 3.63) is 24.4 Å². The molecular formula is C18H31Cl2N5O. The lowest BCUT2D eigenvalue weighted by molar-refractivity contribution is -0.136. The van der Waals surface area contributed by atoms with Gasteiger partial charge in [-0.1, -0.05) is 13.0 Å². The Balaban J connectivity index is 0.00000169. The largest absolute Gasteiger partial charge is 0.354 e. The second kappa shape index (κ2) is 10.9. The fourth-order valence-electron chi connectivity index (χ4n) is 3.76. The predicted octanol–water partition coefficient (Wildman–Crippen LogP) is 1.63. The molecule has 0 saturated carbocycles. The zero-order valence-electron chi connectivity index (χ0n) is 15.4. The zero-order valence-corrected chi connectivity index (χ0v) is 17.1. The second-order valence-corrected chi connectivity index (χ2v) is 7.06. The fourth-order valence-corrected chi connectivity index (χ4v) is 3.76. The van der Waals surface area contributed by atoms with Crippen LogP contribution in [0.5, 0.6) is 0 Å². The zero-order chi connectivity index (χ0) is 16.9. The lowest BCUT2D eigenvalue weighted by Crippen LogP contribution is -2.54.